The lowest BCUT2D eigenvalue weighted by Gasteiger charge is -2.10. The number of hydrogen-bond acceptors (Lipinski definition) is 4. The number of rotatable bonds is 8. The van der Waals surface area contributed by atoms with Gasteiger partial charge in [-0.3, -0.25) is 4.79 Å². The Labute approximate surface area is 195 Å². The molecule has 0 fully saturated rings. The standard InChI is InChI=1S/C25H26BrNO3S/c1-4-6-17-7-9-18(10-8-17)21-16(3)31-24(22(21)25(29)30-15-5-2)27-23(28)19-11-13-20(26)14-12-19/h7-14H,4-6,15H2,1-3H3,(H,27,28). The van der Waals surface area contributed by atoms with E-state index in [9.17, 15) is 9.59 Å². The van der Waals surface area contributed by atoms with Crippen LogP contribution < -0.4 is 5.32 Å². The van der Waals surface area contributed by atoms with Gasteiger partial charge in [-0.15, -0.1) is 11.3 Å². The first-order valence-electron chi connectivity index (χ1n) is 10.4. The molecule has 0 aliphatic heterocycles. The number of aryl methyl sites for hydroxylation is 2. The highest BCUT2D eigenvalue weighted by Gasteiger charge is 2.26. The van der Waals surface area contributed by atoms with E-state index in [2.05, 4.69) is 40.3 Å². The van der Waals surface area contributed by atoms with Crippen LogP contribution in [0.1, 0.15) is 57.8 Å². The molecule has 162 valence electrons. The van der Waals surface area contributed by atoms with Gasteiger partial charge in [0.25, 0.3) is 5.91 Å². The van der Waals surface area contributed by atoms with Crippen LogP contribution in [0.2, 0.25) is 0 Å². The average Bonchev–Trinajstić information content (AvgIpc) is 3.08. The summed E-state index contributed by atoms with van der Waals surface area (Å²) >= 11 is 4.77. The van der Waals surface area contributed by atoms with E-state index < -0.39 is 5.97 Å². The zero-order valence-corrected chi connectivity index (χ0v) is 20.4. The van der Waals surface area contributed by atoms with E-state index in [1.807, 2.05) is 38.1 Å². The number of benzene rings is 2. The molecular weight excluding hydrogens is 474 g/mol. The molecule has 0 aliphatic rings. The molecule has 31 heavy (non-hydrogen) atoms. The molecule has 0 saturated carbocycles. The van der Waals surface area contributed by atoms with Crippen molar-refractivity contribution in [3.8, 4) is 11.1 Å². The van der Waals surface area contributed by atoms with Crippen molar-refractivity contribution in [1.29, 1.82) is 0 Å². The van der Waals surface area contributed by atoms with Crippen molar-refractivity contribution in [3.63, 3.8) is 0 Å². The van der Waals surface area contributed by atoms with Gasteiger partial charge in [0.1, 0.15) is 10.6 Å². The molecule has 0 spiro atoms. The fourth-order valence-electron chi connectivity index (χ4n) is 3.35. The summed E-state index contributed by atoms with van der Waals surface area (Å²) in [7, 11) is 0. The van der Waals surface area contributed by atoms with Gasteiger partial charge in [0, 0.05) is 20.5 Å². The second-order valence-electron chi connectivity index (χ2n) is 7.28. The van der Waals surface area contributed by atoms with Crippen LogP contribution in [-0.4, -0.2) is 18.5 Å². The summed E-state index contributed by atoms with van der Waals surface area (Å²) in [4.78, 5) is 26.8. The summed E-state index contributed by atoms with van der Waals surface area (Å²) < 4.78 is 6.37. The zero-order valence-electron chi connectivity index (χ0n) is 18.0. The van der Waals surface area contributed by atoms with Gasteiger partial charge < -0.3 is 10.1 Å². The highest BCUT2D eigenvalue weighted by Crippen LogP contribution is 2.40. The van der Waals surface area contributed by atoms with E-state index in [4.69, 9.17) is 4.74 Å². The number of halogens is 1. The van der Waals surface area contributed by atoms with E-state index in [0.717, 1.165) is 39.7 Å². The fraction of sp³-hybridized carbons (Fsp3) is 0.280. The van der Waals surface area contributed by atoms with Gasteiger partial charge in [0.2, 0.25) is 0 Å². The van der Waals surface area contributed by atoms with Crippen molar-refractivity contribution in [2.75, 3.05) is 11.9 Å². The normalized spacial score (nSPS) is 10.7. The molecule has 0 saturated heterocycles. The number of amides is 1. The van der Waals surface area contributed by atoms with Crippen LogP contribution in [0.4, 0.5) is 5.00 Å². The molecule has 1 aromatic heterocycles. The summed E-state index contributed by atoms with van der Waals surface area (Å²) in [6.07, 6.45) is 2.83. The summed E-state index contributed by atoms with van der Waals surface area (Å²) in [5.74, 6) is -0.673. The maximum Gasteiger partial charge on any atom is 0.341 e. The number of esters is 1. The Bertz CT molecular complexity index is 1060. The molecule has 2 aromatic carbocycles. The third-order valence-corrected chi connectivity index (χ3v) is 6.39. The SMILES string of the molecule is CCCOC(=O)c1c(NC(=O)c2ccc(Br)cc2)sc(C)c1-c1ccc(CCC)cc1. The molecule has 3 rings (SSSR count). The minimum atomic E-state index is -0.412. The predicted molar refractivity (Wildman–Crippen MR) is 131 cm³/mol. The Morgan fingerprint density at radius 1 is 1.00 bits per heavy atom. The van der Waals surface area contributed by atoms with Crippen LogP contribution in [0.5, 0.6) is 0 Å². The number of nitrogens with one attached hydrogen (secondary N) is 1. The van der Waals surface area contributed by atoms with Crippen molar-refractivity contribution in [1.82, 2.24) is 0 Å². The number of hydrogen-bond donors (Lipinski definition) is 1. The third-order valence-electron chi connectivity index (χ3n) is 4.84. The number of carbonyl (C=O) groups is 2. The van der Waals surface area contributed by atoms with Crippen molar-refractivity contribution in [2.24, 2.45) is 0 Å². The van der Waals surface area contributed by atoms with Crippen molar-refractivity contribution < 1.29 is 14.3 Å². The smallest absolute Gasteiger partial charge is 0.341 e. The van der Waals surface area contributed by atoms with E-state index >= 15 is 0 Å². The molecule has 6 heteroatoms. The Morgan fingerprint density at radius 3 is 2.29 bits per heavy atom. The lowest BCUT2D eigenvalue weighted by molar-refractivity contribution is 0.0507. The van der Waals surface area contributed by atoms with Crippen molar-refractivity contribution in [2.45, 2.75) is 40.0 Å². The molecule has 1 amide bonds. The minimum absolute atomic E-state index is 0.261. The number of thiophene rings is 1. The number of carbonyl (C=O) groups excluding carboxylic acids is 2. The maximum atomic E-state index is 13.0. The zero-order chi connectivity index (χ0) is 22.4. The molecule has 0 atom stereocenters. The van der Waals surface area contributed by atoms with Gasteiger partial charge >= 0.3 is 5.97 Å². The van der Waals surface area contributed by atoms with Crippen LogP contribution in [-0.2, 0) is 11.2 Å². The largest absolute Gasteiger partial charge is 0.462 e. The monoisotopic (exact) mass is 499 g/mol. The van der Waals surface area contributed by atoms with Crippen molar-refractivity contribution in [3.05, 3.63) is 74.6 Å². The number of ether oxygens (including phenoxy) is 1. The Kier molecular flexibility index (Phi) is 8.04. The van der Waals surface area contributed by atoms with Gasteiger partial charge in [0.15, 0.2) is 0 Å². The quantitative estimate of drug-likeness (QED) is 0.331. The molecule has 1 N–H and O–H groups in total. The molecule has 0 unspecified atom stereocenters. The Balaban J connectivity index is 2.00. The lowest BCUT2D eigenvalue weighted by Crippen LogP contribution is -2.15. The first kappa shape index (κ1) is 23.2. The molecule has 3 aromatic rings. The third kappa shape index (κ3) is 5.63. The van der Waals surface area contributed by atoms with Gasteiger partial charge in [0.05, 0.1) is 6.61 Å². The van der Waals surface area contributed by atoms with Crippen molar-refractivity contribution >= 4 is 44.1 Å². The first-order chi connectivity index (χ1) is 14.9. The maximum absolute atomic E-state index is 13.0. The van der Waals surface area contributed by atoms with E-state index in [1.54, 1.807) is 12.1 Å². The van der Waals surface area contributed by atoms with Crippen LogP contribution >= 0.6 is 27.3 Å². The van der Waals surface area contributed by atoms with Crippen LogP contribution in [0.25, 0.3) is 11.1 Å². The van der Waals surface area contributed by atoms with Gasteiger partial charge in [-0.05, 0) is 55.2 Å². The van der Waals surface area contributed by atoms with Crippen LogP contribution in [0.3, 0.4) is 0 Å². The molecular formula is C25H26BrNO3S. The highest BCUT2D eigenvalue weighted by atomic mass is 79.9. The van der Waals surface area contributed by atoms with E-state index in [1.165, 1.54) is 16.9 Å². The topological polar surface area (TPSA) is 55.4 Å². The minimum Gasteiger partial charge on any atom is -0.462 e. The second kappa shape index (κ2) is 10.7. The molecule has 0 aliphatic carbocycles. The van der Waals surface area contributed by atoms with Crippen LogP contribution in [0.15, 0.2) is 53.0 Å². The lowest BCUT2D eigenvalue weighted by atomic mass is 9.99. The molecule has 0 bridgehead atoms. The van der Waals surface area contributed by atoms with Crippen LogP contribution in [0, 0.1) is 6.92 Å². The van der Waals surface area contributed by atoms with Gasteiger partial charge in [-0.1, -0.05) is 60.5 Å². The van der Waals surface area contributed by atoms with Gasteiger partial charge in [-0.2, -0.15) is 0 Å². The van der Waals surface area contributed by atoms with E-state index in [0.29, 0.717) is 22.7 Å². The molecule has 4 nitrogen and oxygen atoms in total. The summed E-state index contributed by atoms with van der Waals surface area (Å²) in [5.41, 5.74) is 3.97. The van der Waals surface area contributed by atoms with E-state index in [-0.39, 0.29) is 5.91 Å². The van der Waals surface area contributed by atoms with Gasteiger partial charge in [-0.25, -0.2) is 4.79 Å². The first-order valence-corrected chi connectivity index (χ1v) is 12.0. The molecule has 0 radical (unpaired) electrons. The Hall–Kier alpha value is -2.44. The predicted octanol–water partition coefficient (Wildman–Crippen LogP) is 7.26. The highest BCUT2D eigenvalue weighted by molar-refractivity contribution is 9.10. The average molecular weight is 500 g/mol. The fourth-order valence-corrected chi connectivity index (χ4v) is 4.67. The summed E-state index contributed by atoms with van der Waals surface area (Å²) in [5, 5.41) is 3.44. The summed E-state index contributed by atoms with van der Waals surface area (Å²) in [6.45, 7) is 6.41. The Morgan fingerprint density at radius 2 is 1.68 bits per heavy atom. The summed E-state index contributed by atoms with van der Waals surface area (Å²) in [6, 6.07) is 15.4. The molecule has 1 heterocycles. The number of anilines is 1. The second-order valence-corrected chi connectivity index (χ2v) is 9.42.